The number of H-pyrrole nitrogens is 1. The first-order valence-corrected chi connectivity index (χ1v) is 5.33. The van der Waals surface area contributed by atoms with Crippen LogP contribution in [0.1, 0.15) is 17.7 Å². The SMILES string of the molecule is CN1CCCc2c([nH]c3nccnc23)C1. The van der Waals surface area contributed by atoms with Crippen LogP contribution in [0.3, 0.4) is 0 Å². The monoisotopic (exact) mass is 202 g/mol. The van der Waals surface area contributed by atoms with Gasteiger partial charge >= 0.3 is 0 Å². The van der Waals surface area contributed by atoms with Crippen molar-refractivity contribution in [2.45, 2.75) is 19.4 Å². The fourth-order valence-electron chi connectivity index (χ4n) is 2.29. The second-order valence-electron chi connectivity index (χ2n) is 4.18. The molecule has 0 aliphatic carbocycles. The number of hydrogen-bond acceptors (Lipinski definition) is 3. The van der Waals surface area contributed by atoms with E-state index >= 15 is 0 Å². The largest absolute Gasteiger partial charge is 0.340 e. The van der Waals surface area contributed by atoms with Crippen molar-refractivity contribution >= 4 is 11.2 Å². The van der Waals surface area contributed by atoms with Crippen molar-refractivity contribution in [1.29, 1.82) is 0 Å². The van der Waals surface area contributed by atoms with Crippen LogP contribution in [-0.2, 0) is 13.0 Å². The molecule has 0 unspecified atom stereocenters. The van der Waals surface area contributed by atoms with Crippen molar-refractivity contribution in [1.82, 2.24) is 19.9 Å². The fourth-order valence-corrected chi connectivity index (χ4v) is 2.29. The second kappa shape index (κ2) is 3.31. The molecule has 0 bridgehead atoms. The quantitative estimate of drug-likeness (QED) is 0.701. The summed E-state index contributed by atoms with van der Waals surface area (Å²) in [6.07, 6.45) is 5.82. The molecule has 2 aromatic heterocycles. The van der Waals surface area contributed by atoms with Crippen LogP contribution in [0.5, 0.6) is 0 Å². The van der Waals surface area contributed by atoms with E-state index in [1.807, 2.05) is 0 Å². The van der Waals surface area contributed by atoms with Crippen LogP contribution in [0.2, 0.25) is 0 Å². The first-order valence-electron chi connectivity index (χ1n) is 5.33. The Kier molecular flexibility index (Phi) is 1.95. The zero-order chi connectivity index (χ0) is 10.3. The predicted molar refractivity (Wildman–Crippen MR) is 58.5 cm³/mol. The molecule has 3 rings (SSSR count). The molecule has 1 aliphatic heterocycles. The summed E-state index contributed by atoms with van der Waals surface area (Å²) in [6.45, 7) is 2.14. The van der Waals surface area contributed by atoms with Gasteiger partial charge in [-0.25, -0.2) is 4.98 Å². The lowest BCUT2D eigenvalue weighted by Crippen LogP contribution is -2.17. The van der Waals surface area contributed by atoms with Gasteiger partial charge in [0.15, 0.2) is 5.65 Å². The minimum absolute atomic E-state index is 0.929. The molecule has 78 valence electrons. The third-order valence-electron chi connectivity index (χ3n) is 3.01. The summed E-state index contributed by atoms with van der Waals surface area (Å²) in [7, 11) is 2.15. The van der Waals surface area contributed by atoms with Crippen LogP contribution < -0.4 is 0 Å². The lowest BCUT2D eigenvalue weighted by Gasteiger charge is -2.11. The van der Waals surface area contributed by atoms with Crippen LogP contribution in [0.25, 0.3) is 11.2 Å². The molecule has 0 radical (unpaired) electrons. The van der Waals surface area contributed by atoms with Gasteiger partial charge in [0, 0.05) is 30.2 Å². The van der Waals surface area contributed by atoms with Crippen molar-refractivity contribution in [2.75, 3.05) is 13.6 Å². The zero-order valence-corrected chi connectivity index (χ0v) is 8.82. The Labute approximate surface area is 88.3 Å². The summed E-state index contributed by atoms with van der Waals surface area (Å²) >= 11 is 0. The zero-order valence-electron chi connectivity index (χ0n) is 8.82. The lowest BCUT2D eigenvalue weighted by atomic mass is 10.1. The molecule has 0 fully saturated rings. The van der Waals surface area contributed by atoms with Crippen molar-refractivity contribution in [2.24, 2.45) is 0 Å². The fraction of sp³-hybridized carbons (Fsp3) is 0.455. The van der Waals surface area contributed by atoms with E-state index in [1.54, 1.807) is 12.4 Å². The van der Waals surface area contributed by atoms with Gasteiger partial charge < -0.3 is 9.88 Å². The second-order valence-corrected chi connectivity index (χ2v) is 4.18. The molecule has 0 saturated heterocycles. The summed E-state index contributed by atoms with van der Waals surface area (Å²) in [5.41, 5.74) is 4.64. The maximum Gasteiger partial charge on any atom is 0.156 e. The normalized spacial score (nSPS) is 17.7. The Bertz CT molecular complexity index is 488. The van der Waals surface area contributed by atoms with Crippen molar-refractivity contribution < 1.29 is 0 Å². The molecule has 0 spiro atoms. The van der Waals surface area contributed by atoms with Gasteiger partial charge in [0.1, 0.15) is 5.52 Å². The minimum atomic E-state index is 0.929. The van der Waals surface area contributed by atoms with Gasteiger partial charge in [-0.2, -0.15) is 0 Å². The lowest BCUT2D eigenvalue weighted by molar-refractivity contribution is 0.329. The Morgan fingerprint density at radius 2 is 2.20 bits per heavy atom. The van der Waals surface area contributed by atoms with Gasteiger partial charge in [0.25, 0.3) is 0 Å². The Morgan fingerprint density at radius 1 is 1.33 bits per heavy atom. The maximum absolute atomic E-state index is 4.41. The highest BCUT2D eigenvalue weighted by atomic mass is 15.1. The van der Waals surface area contributed by atoms with E-state index in [-0.39, 0.29) is 0 Å². The average molecular weight is 202 g/mol. The Hall–Kier alpha value is -1.42. The number of aromatic amines is 1. The summed E-state index contributed by atoms with van der Waals surface area (Å²) in [4.78, 5) is 14.4. The van der Waals surface area contributed by atoms with Gasteiger partial charge in [0.2, 0.25) is 0 Å². The summed E-state index contributed by atoms with van der Waals surface area (Å²) in [5, 5.41) is 0. The molecular weight excluding hydrogens is 188 g/mol. The smallest absolute Gasteiger partial charge is 0.156 e. The third-order valence-corrected chi connectivity index (χ3v) is 3.01. The highest BCUT2D eigenvalue weighted by Crippen LogP contribution is 2.23. The number of aromatic nitrogens is 3. The molecule has 0 amide bonds. The first-order chi connectivity index (χ1) is 7.34. The van der Waals surface area contributed by atoms with E-state index in [2.05, 4.69) is 26.9 Å². The Balaban J connectivity index is 2.19. The Morgan fingerprint density at radius 3 is 3.13 bits per heavy atom. The molecule has 1 N–H and O–H groups in total. The first kappa shape index (κ1) is 8.85. The van der Waals surface area contributed by atoms with E-state index in [1.165, 1.54) is 17.7 Å². The summed E-state index contributed by atoms with van der Waals surface area (Å²) in [5.74, 6) is 0. The highest BCUT2D eigenvalue weighted by Gasteiger charge is 2.17. The molecule has 0 atom stereocenters. The van der Waals surface area contributed by atoms with Crippen LogP contribution in [0, 0.1) is 0 Å². The minimum Gasteiger partial charge on any atom is -0.340 e. The standard InChI is InChI=1S/C11H14N4/c1-15-6-2-3-8-9(7-15)14-11-10(8)12-4-5-13-11/h4-5H,2-3,6-7H2,1H3,(H,13,14). The number of hydrogen-bond donors (Lipinski definition) is 1. The number of aryl methyl sites for hydroxylation is 1. The third kappa shape index (κ3) is 1.41. The van der Waals surface area contributed by atoms with E-state index in [0.29, 0.717) is 0 Å². The number of nitrogens with one attached hydrogen (secondary N) is 1. The van der Waals surface area contributed by atoms with Crippen molar-refractivity contribution in [3.05, 3.63) is 23.7 Å². The van der Waals surface area contributed by atoms with Gasteiger partial charge in [0.05, 0.1) is 0 Å². The van der Waals surface area contributed by atoms with Crippen molar-refractivity contribution in [3.8, 4) is 0 Å². The van der Waals surface area contributed by atoms with Gasteiger partial charge in [-0.15, -0.1) is 0 Å². The molecule has 3 heterocycles. The molecule has 0 aromatic carbocycles. The van der Waals surface area contributed by atoms with E-state index < -0.39 is 0 Å². The van der Waals surface area contributed by atoms with E-state index in [4.69, 9.17) is 0 Å². The van der Waals surface area contributed by atoms with Gasteiger partial charge in [-0.1, -0.05) is 0 Å². The van der Waals surface area contributed by atoms with Crippen LogP contribution >= 0.6 is 0 Å². The highest BCUT2D eigenvalue weighted by molar-refractivity contribution is 5.76. The molecule has 1 aliphatic rings. The van der Waals surface area contributed by atoms with Crippen LogP contribution in [0.15, 0.2) is 12.4 Å². The molecule has 0 saturated carbocycles. The predicted octanol–water partition coefficient (Wildman–Crippen LogP) is 1.34. The van der Waals surface area contributed by atoms with E-state index in [9.17, 15) is 0 Å². The van der Waals surface area contributed by atoms with Gasteiger partial charge in [-0.3, -0.25) is 4.98 Å². The number of fused-ring (bicyclic) bond motifs is 3. The number of nitrogens with zero attached hydrogens (tertiary/aromatic N) is 3. The van der Waals surface area contributed by atoms with Crippen LogP contribution in [0.4, 0.5) is 0 Å². The van der Waals surface area contributed by atoms with E-state index in [0.717, 1.165) is 30.7 Å². The maximum atomic E-state index is 4.41. The summed E-state index contributed by atoms with van der Waals surface area (Å²) < 4.78 is 0. The molecular formula is C11H14N4. The molecule has 4 nitrogen and oxygen atoms in total. The topological polar surface area (TPSA) is 44.8 Å². The molecule has 4 heteroatoms. The molecule has 15 heavy (non-hydrogen) atoms. The summed E-state index contributed by atoms with van der Waals surface area (Å²) in [6, 6.07) is 0. The van der Waals surface area contributed by atoms with Crippen molar-refractivity contribution in [3.63, 3.8) is 0 Å². The van der Waals surface area contributed by atoms with Crippen LogP contribution in [-0.4, -0.2) is 33.4 Å². The molecule has 2 aromatic rings. The average Bonchev–Trinajstić information content (AvgIpc) is 2.46. The number of rotatable bonds is 0. The van der Waals surface area contributed by atoms with Gasteiger partial charge in [-0.05, 0) is 26.4 Å².